The van der Waals surface area contributed by atoms with Gasteiger partial charge in [-0.15, -0.1) is 0 Å². The summed E-state index contributed by atoms with van der Waals surface area (Å²) >= 11 is 0. The Kier molecular flexibility index (Phi) is 3.03. The number of rotatable bonds is 2. The lowest BCUT2D eigenvalue weighted by Gasteiger charge is -2.23. The minimum atomic E-state index is -0.279. The number of hydrogen-bond acceptors (Lipinski definition) is 3. The van der Waals surface area contributed by atoms with Gasteiger partial charge >= 0.3 is 0 Å². The predicted octanol–water partition coefficient (Wildman–Crippen LogP) is 3.37. The Balaban J connectivity index is 2.28. The molecule has 22 heavy (non-hydrogen) atoms. The molecule has 0 radical (unpaired) electrons. The number of aromatic nitrogens is 2. The van der Waals surface area contributed by atoms with Crippen LogP contribution in [0.25, 0.3) is 10.9 Å². The van der Waals surface area contributed by atoms with Crippen LogP contribution in [0, 0.1) is 11.3 Å². The first kappa shape index (κ1) is 14.6. The van der Waals surface area contributed by atoms with Crippen LogP contribution in [0.5, 0.6) is 0 Å². The number of benzene rings is 1. The third kappa shape index (κ3) is 2.07. The molecular weight excluding hydrogens is 276 g/mol. The van der Waals surface area contributed by atoms with E-state index in [1.807, 2.05) is 6.07 Å². The van der Waals surface area contributed by atoms with Crippen molar-refractivity contribution in [1.82, 2.24) is 10.2 Å². The summed E-state index contributed by atoms with van der Waals surface area (Å²) in [4.78, 5) is 12.0. The normalized spacial score (nSPS) is 18.0. The van der Waals surface area contributed by atoms with Crippen LogP contribution in [0.3, 0.4) is 0 Å². The Morgan fingerprint density at radius 1 is 1.41 bits per heavy atom. The van der Waals surface area contributed by atoms with Crippen molar-refractivity contribution in [3.8, 4) is 6.07 Å². The summed E-state index contributed by atoms with van der Waals surface area (Å²) in [6, 6.07) is 4.04. The lowest BCUT2D eigenvalue weighted by atomic mass is 9.81. The Bertz CT molecular complexity index is 808. The first-order chi connectivity index (χ1) is 10.3. The number of amides is 1. The summed E-state index contributed by atoms with van der Waals surface area (Å²) in [6.07, 6.45) is 2.60. The fraction of sp³-hybridized carbons (Fsp3) is 0.471. The van der Waals surface area contributed by atoms with E-state index in [9.17, 15) is 4.79 Å². The number of carbonyl (C=O) groups excluding carboxylic acids is 1. The van der Waals surface area contributed by atoms with Crippen LogP contribution in [0.2, 0.25) is 0 Å². The van der Waals surface area contributed by atoms with Crippen LogP contribution in [-0.2, 0) is 15.6 Å². The van der Waals surface area contributed by atoms with Gasteiger partial charge < -0.3 is 5.32 Å². The zero-order valence-electron chi connectivity index (χ0n) is 13.4. The fourth-order valence-electron chi connectivity index (χ4n) is 4.00. The quantitative estimate of drug-likeness (QED) is 0.891. The maximum Gasteiger partial charge on any atom is 0.238 e. The number of aromatic amines is 1. The SMILES string of the molecule is CC1(C)CC(C)(C)c2c1cc1[nH]ncc1c2NC(=O)CC#N. The molecule has 0 saturated carbocycles. The molecule has 1 aromatic carbocycles. The third-order valence-corrected chi connectivity index (χ3v) is 4.54. The van der Waals surface area contributed by atoms with Crippen molar-refractivity contribution in [2.24, 2.45) is 0 Å². The fourth-order valence-corrected chi connectivity index (χ4v) is 4.00. The molecule has 114 valence electrons. The minimum absolute atomic E-state index is 0.0346. The maximum absolute atomic E-state index is 12.0. The third-order valence-electron chi connectivity index (χ3n) is 4.54. The molecule has 5 heteroatoms. The standard InChI is InChI=1S/C17H20N4O/c1-16(2)9-17(3,4)14-11(16)7-12-10(8-19-21-12)15(14)20-13(22)5-6-18/h7-8H,5,9H2,1-4H3,(H,19,21)(H,20,22). The number of H-pyrrole nitrogens is 1. The Hall–Kier alpha value is -2.35. The Morgan fingerprint density at radius 2 is 2.14 bits per heavy atom. The summed E-state index contributed by atoms with van der Waals surface area (Å²) in [5, 5.41) is 19.7. The molecule has 2 N–H and O–H groups in total. The topological polar surface area (TPSA) is 81.6 Å². The molecule has 2 aromatic rings. The molecule has 1 aliphatic carbocycles. The lowest BCUT2D eigenvalue weighted by Crippen LogP contribution is -2.19. The van der Waals surface area contributed by atoms with E-state index in [0.29, 0.717) is 0 Å². The van der Waals surface area contributed by atoms with Crippen LogP contribution in [0.1, 0.15) is 51.7 Å². The first-order valence-corrected chi connectivity index (χ1v) is 7.44. The van der Waals surface area contributed by atoms with Gasteiger partial charge in [0.2, 0.25) is 5.91 Å². The highest BCUT2D eigenvalue weighted by Crippen LogP contribution is 2.53. The Labute approximate surface area is 129 Å². The molecule has 0 bridgehead atoms. The van der Waals surface area contributed by atoms with Crippen molar-refractivity contribution >= 4 is 22.5 Å². The molecule has 3 rings (SSSR count). The molecule has 0 spiro atoms. The molecule has 1 aliphatic rings. The van der Waals surface area contributed by atoms with Crippen molar-refractivity contribution < 1.29 is 4.79 Å². The van der Waals surface area contributed by atoms with Gasteiger partial charge in [-0.25, -0.2) is 0 Å². The molecule has 0 fully saturated rings. The second-order valence-corrected chi connectivity index (χ2v) is 7.33. The molecule has 1 amide bonds. The molecular formula is C17H20N4O. The smallest absolute Gasteiger partial charge is 0.238 e. The van der Waals surface area contributed by atoms with Gasteiger partial charge in [0.25, 0.3) is 0 Å². The number of nitrogens with one attached hydrogen (secondary N) is 2. The van der Waals surface area contributed by atoms with Gasteiger partial charge in [-0.2, -0.15) is 10.4 Å². The molecule has 1 heterocycles. The summed E-state index contributed by atoms with van der Waals surface area (Å²) in [7, 11) is 0. The second-order valence-electron chi connectivity index (χ2n) is 7.33. The van der Waals surface area contributed by atoms with Crippen LogP contribution < -0.4 is 5.32 Å². The van der Waals surface area contributed by atoms with E-state index >= 15 is 0 Å². The minimum Gasteiger partial charge on any atom is -0.324 e. The molecule has 1 aromatic heterocycles. The van der Waals surface area contributed by atoms with Crippen molar-refractivity contribution in [3.63, 3.8) is 0 Å². The number of hydrogen-bond donors (Lipinski definition) is 2. The largest absolute Gasteiger partial charge is 0.324 e. The van der Waals surface area contributed by atoms with E-state index < -0.39 is 0 Å². The number of carbonyl (C=O) groups is 1. The van der Waals surface area contributed by atoms with Gasteiger partial charge in [0.15, 0.2) is 0 Å². The average Bonchev–Trinajstić information content (AvgIpc) is 2.91. The van der Waals surface area contributed by atoms with Crippen LogP contribution in [0.15, 0.2) is 12.3 Å². The number of nitriles is 1. The van der Waals surface area contributed by atoms with Gasteiger partial charge in [0.05, 0.1) is 23.5 Å². The van der Waals surface area contributed by atoms with Crippen molar-refractivity contribution in [2.45, 2.75) is 51.4 Å². The zero-order valence-corrected chi connectivity index (χ0v) is 13.4. The summed E-state index contributed by atoms with van der Waals surface area (Å²) in [5.41, 5.74) is 4.11. The average molecular weight is 296 g/mol. The van der Waals surface area contributed by atoms with E-state index in [0.717, 1.165) is 28.6 Å². The molecule has 5 nitrogen and oxygen atoms in total. The van der Waals surface area contributed by atoms with Crippen molar-refractivity contribution in [1.29, 1.82) is 5.26 Å². The van der Waals surface area contributed by atoms with E-state index in [-0.39, 0.29) is 23.2 Å². The molecule has 0 saturated heterocycles. The summed E-state index contributed by atoms with van der Waals surface area (Å²) in [5.74, 6) is -0.279. The van der Waals surface area contributed by atoms with E-state index in [4.69, 9.17) is 5.26 Å². The zero-order chi connectivity index (χ0) is 16.1. The van der Waals surface area contributed by atoms with Gasteiger partial charge in [-0.1, -0.05) is 27.7 Å². The number of nitrogens with zero attached hydrogens (tertiary/aromatic N) is 2. The lowest BCUT2D eigenvalue weighted by molar-refractivity contribution is -0.115. The van der Waals surface area contributed by atoms with Crippen LogP contribution in [-0.4, -0.2) is 16.1 Å². The van der Waals surface area contributed by atoms with Crippen molar-refractivity contribution in [3.05, 3.63) is 23.4 Å². The van der Waals surface area contributed by atoms with Gasteiger partial charge in [0.1, 0.15) is 6.42 Å². The van der Waals surface area contributed by atoms with E-state index in [1.165, 1.54) is 5.56 Å². The molecule has 0 unspecified atom stereocenters. The first-order valence-electron chi connectivity index (χ1n) is 7.44. The summed E-state index contributed by atoms with van der Waals surface area (Å²) in [6.45, 7) is 8.85. The van der Waals surface area contributed by atoms with Crippen LogP contribution >= 0.6 is 0 Å². The second kappa shape index (κ2) is 4.57. The molecule has 0 atom stereocenters. The number of fused-ring (bicyclic) bond motifs is 2. The van der Waals surface area contributed by atoms with Gasteiger partial charge in [-0.05, 0) is 34.4 Å². The van der Waals surface area contributed by atoms with Crippen molar-refractivity contribution in [2.75, 3.05) is 5.32 Å². The summed E-state index contributed by atoms with van der Waals surface area (Å²) < 4.78 is 0. The highest BCUT2D eigenvalue weighted by Gasteiger charge is 2.44. The predicted molar refractivity (Wildman–Crippen MR) is 85.6 cm³/mol. The maximum atomic E-state index is 12.0. The highest BCUT2D eigenvalue weighted by atomic mass is 16.1. The van der Waals surface area contributed by atoms with E-state index in [2.05, 4.69) is 49.3 Å². The van der Waals surface area contributed by atoms with Crippen LogP contribution in [0.4, 0.5) is 5.69 Å². The number of anilines is 1. The Morgan fingerprint density at radius 3 is 2.82 bits per heavy atom. The van der Waals surface area contributed by atoms with E-state index in [1.54, 1.807) is 6.20 Å². The monoisotopic (exact) mass is 296 g/mol. The van der Waals surface area contributed by atoms with Gasteiger partial charge in [-0.3, -0.25) is 9.89 Å². The highest BCUT2D eigenvalue weighted by molar-refractivity contribution is 6.04. The molecule has 0 aliphatic heterocycles. The van der Waals surface area contributed by atoms with Gasteiger partial charge in [0, 0.05) is 5.39 Å².